The molecule has 2 aliphatic rings. The van der Waals surface area contributed by atoms with Gasteiger partial charge in [-0.15, -0.1) is 0 Å². The van der Waals surface area contributed by atoms with Crippen LogP contribution in [0, 0.1) is 0 Å². The summed E-state index contributed by atoms with van der Waals surface area (Å²) in [6, 6.07) is -1.35. The Morgan fingerprint density at radius 3 is 2.88 bits per heavy atom. The second-order valence-corrected chi connectivity index (χ2v) is 4.31. The second kappa shape index (κ2) is 3.88. The number of amides is 3. The van der Waals surface area contributed by atoms with E-state index in [1.165, 1.54) is 6.08 Å². The van der Waals surface area contributed by atoms with Crippen molar-refractivity contribution in [3.05, 3.63) is 11.6 Å². The van der Waals surface area contributed by atoms with Gasteiger partial charge in [-0.1, -0.05) is 19.8 Å². The Bertz CT molecular complexity index is 367. The van der Waals surface area contributed by atoms with Crippen LogP contribution in [0.4, 0.5) is 9.18 Å². The van der Waals surface area contributed by atoms with Gasteiger partial charge in [0.25, 0.3) is 5.91 Å². The molecule has 2 atom stereocenters. The first-order valence-electron chi connectivity index (χ1n) is 5.60. The summed E-state index contributed by atoms with van der Waals surface area (Å²) in [6.07, 6.45) is 5.21. The molecule has 1 aliphatic carbocycles. The highest BCUT2D eigenvalue weighted by Crippen LogP contribution is 2.39. The number of imide groups is 1. The molecule has 88 valence electrons. The van der Waals surface area contributed by atoms with Gasteiger partial charge in [0.2, 0.25) is 5.67 Å². The fourth-order valence-corrected chi connectivity index (χ4v) is 2.17. The van der Waals surface area contributed by atoms with Crippen molar-refractivity contribution in [2.24, 2.45) is 0 Å². The lowest BCUT2D eigenvalue weighted by Gasteiger charge is -2.43. The molecular formula is C11H15FN2O2. The number of rotatable bonds is 4. The van der Waals surface area contributed by atoms with Gasteiger partial charge in [0.05, 0.1) is 6.04 Å². The molecule has 1 saturated heterocycles. The zero-order chi connectivity index (χ0) is 11.8. The fraction of sp³-hybridized carbons (Fsp3) is 0.636. The van der Waals surface area contributed by atoms with E-state index in [0.717, 1.165) is 31.3 Å². The number of fused-ring (bicyclic) bond motifs is 1. The van der Waals surface area contributed by atoms with Gasteiger partial charge in [-0.2, -0.15) is 0 Å². The summed E-state index contributed by atoms with van der Waals surface area (Å²) in [7, 11) is 0. The van der Waals surface area contributed by atoms with Crippen LogP contribution >= 0.6 is 0 Å². The second-order valence-electron chi connectivity index (χ2n) is 4.31. The van der Waals surface area contributed by atoms with Crippen molar-refractivity contribution >= 4 is 11.9 Å². The van der Waals surface area contributed by atoms with E-state index in [1.807, 2.05) is 5.32 Å². The van der Waals surface area contributed by atoms with Crippen molar-refractivity contribution in [2.75, 3.05) is 0 Å². The van der Waals surface area contributed by atoms with E-state index in [-0.39, 0.29) is 0 Å². The van der Waals surface area contributed by atoms with E-state index in [9.17, 15) is 14.0 Å². The van der Waals surface area contributed by atoms with Crippen molar-refractivity contribution in [3.63, 3.8) is 0 Å². The van der Waals surface area contributed by atoms with Gasteiger partial charge in [-0.25, -0.2) is 9.18 Å². The lowest BCUT2D eigenvalue weighted by atomic mass is 9.74. The maximum Gasteiger partial charge on any atom is 0.322 e. The van der Waals surface area contributed by atoms with E-state index in [0.29, 0.717) is 0 Å². The number of nitrogens with one attached hydrogen (secondary N) is 2. The van der Waals surface area contributed by atoms with Crippen molar-refractivity contribution in [1.82, 2.24) is 10.6 Å². The lowest BCUT2D eigenvalue weighted by Crippen LogP contribution is -2.70. The number of alkyl halides is 1. The summed E-state index contributed by atoms with van der Waals surface area (Å²) in [4.78, 5) is 22.3. The molecule has 4 nitrogen and oxygen atoms in total. The standard InChI is InChI=1S/C11H15FN2O2/c1-2-3-4-5-7-6-11(12)8(7)13-10(16)14-9(11)15/h6,8H,2-5H2,1H3,(H2,13,14,15,16). The quantitative estimate of drug-likeness (QED) is 0.562. The van der Waals surface area contributed by atoms with Crippen LogP contribution in [0.1, 0.15) is 32.6 Å². The van der Waals surface area contributed by atoms with Crippen LogP contribution in [0.25, 0.3) is 0 Å². The van der Waals surface area contributed by atoms with Crippen LogP contribution in [0.3, 0.4) is 0 Å². The molecule has 0 aromatic rings. The first-order valence-corrected chi connectivity index (χ1v) is 5.60. The smallest absolute Gasteiger partial charge is 0.322 e. The summed E-state index contributed by atoms with van der Waals surface area (Å²) in [6.45, 7) is 2.09. The number of halogens is 1. The monoisotopic (exact) mass is 226 g/mol. The van der Waals surface area contributed by atoms with E-state index in [1.54, 1.807) is 0 Å². The molecule has 0 aromatic carbocycles. The number of urea groups is 1. The number of carbonyl (C=O) groups excluding carboxylic acids is 2. The molecule has 1 heterocycles. The summed E-state index contributed by atoms with van der Waals surface area (Å²) >= 11 is 0. The molecule has 2 unspecified atom stereocenters. The molecule has 2 N–H and O–H groups in total. The Balaban J connectivity index is 2.03. The molecular weight excluding hydrogens is 211 g/mol. The molecule has 16 heavy (non-hydrogen) atoms. The molecule has 0 aromatic heterocycles. The summed E-state index contributed by atoms with van der Waals surface area (Å²) in [5.74, 6) is -0.847. The molecule has 3 amide bonds. The van der Waals surface area contributed by atoms with Gasteiger partial charge in [0.15, 0.2) is 0 Å². The molecule has 0 bridgehead atoms. The van der Waals surface area contributed by atoms with Gasteiger partial charge in [-0.3, -0.25) is 10.1 Å². The summed E-state index contributed by atoms with van der Waals surface area (Å²) in [5, 5.41) is 4.38. The fourth-order valence-electron chi connectivity index (χ4n) is 2.17. The Morgan fingerprint density at radius 2 is 2.19 bits per heavy atom. The van der Waals surface area contributed by atoms with E-state index in [2.05, 4.69) is 12.2 Å². The number of carbonyl (C=O) groups is 2. The number of hydrogen-bond donors (Lipinski definition) is 2. The maximum atomic E-state index is 14.0. The lowest BCUT2D eigenvalue weighted by molar-refractivity contribution is -0.132. The van der Waals surface area contributed by atoms with Crippen LogP contribution in [-0.2, 0) is 4.79 Å². The third-order valence-electron chi connectivity index (χ3n) is 3.11. The number of hydrogen-bond acceptors (Lipinski definition) is 2. The molecule has 0 radical (unpaired) electrons. The molecule has 0 saturated carbocycles. The average molecular weight is 226 g/mol. The topological polar surface area (TPSA) is 58.2 Å². The van der Waals surface area contributed by atoms with Gasteiger partial charge >= 0.3 is 6.03 Å². The predicted molar refractivity (Wildman–Crippen MR) is 56.5 cm³/mol. The van der Waals surface area contributed by atoms with Crippen molar-refractivity contribution < 1.29 is 14.0 Å². The summed E-state index contributed by atoms with van der Waals surface area (Å²) in [5.41, 5.74) is -1.19. The van der Waals surface area contributed by atoms with Gasteiger partial charge in [0.1, 0.15) is 0 Å². The average Bonchev–Trinajstić information content (AvgIpc) is 2.23. The van der Waals surface area contributed by atoms with Crippen LogP contribution in [-0.4, -0.2) is 23.6 Å². The highest BCUT2D eigenvalue weighted by atomic mass is 19.1. The third-order valence-corrected chi connectivity index (χ3v) is 3.11. The SMILES string of the molecule is CCCCCC1=CC2(F)C(=O)NC(=O)NC12. The van der Waals surface area contributed by atoms with Crippen LogP contribution in [0.5, 0.6) is 0 Å². The predicted octanol–water partition coefficient (Wildman–Crippen LogP) is 1.42. The summed E-state index contributed by atoms with van der Waals surface area (Å²) < 4.78 is 14.0. The van der Waals surface area contributed by atoms with E-state index >= 15 is 0 Å². The minimum atomic E-state index is -2.02. The van der Waals surface area contributed by atoms with Crippen LogP contribution < -0.4 is 10.6 Å². The molecule has 1 fully saturated rings. The Labute approximate surface area is 93.3 Å². The normalized spacial score (nSPS) is 32.1. The molecule has 2 rings (SSSR count). The third kappa shape index (κ3) is 1.60. The number of unbranched alkanes of at least 4 members (excludes halogenated alkanes) is 2. The maximum absolute atomic E-state index is 14.0. The van der Waals surface area contributed by atoms with Crippen molar-refractivity contribution in [2.45, 2.75) is 44.3 Å². The molecule has 1 aliphatic heterocycles. The largest absolute Gasteiger partial charge is 0.327 e. The van der Waals surface area contributed by atoms with Crippen LogP contribution in [0.15, 0.2) is 11.6 Å². The molecule has 0 spiro atoms. The zero-order valence-electron chi connectivity index (χ0n) is 9.18. The van der Waals surface area contributed by atoms with E-state index < -0.39 is 23.6 Å². The van der Waals surface area contributed by atoms with Gasteiger partial charge in [0, 0.05) is 0 Å². The Kier molecular flexibility index (Phi) is 2.69. The van der Waals surface area contributed by atoms with Crippen LogP contribution in [0.2, 0.25) is 0 Å². The van der Waals surface area contributed by atoms with Crippen molar-refractivity contribution in [1.29, 1.82) is 0 Å². The molecule has 5 heteroatoms. The Morgan fingerprint density at radius 1 is 1.44 bits per heavy atom. The minimum Gasteiger partial charge on any atom is -0.327 e. The zero-order valence-corrected chi connectivity index (χ0v) is 9.18. The van der Waals surface area contributed by atoms with Gasteiger partial charge < -0.3 is 5.32 Å². The highest BCUT2D eigenvalue weighted by molar-refractivity contribution is 6.05. The van der Waals surface area contributed by atoms with Crippen molar-refractivity contribution in [3.8, 4) is 0 Å². The van der Waals surface area contributed by atoms with E-state index in [4.69, 9.17) is 0 Å². The Hall–Kier alpha value is -1.39. The van der Waals surface area contributed by atoms with Gasteiger partial charge in [-0.05, 0) is 24.5 Å². The highest BCUT2D eigenvalue weighted by Gasteiger charge is 2.57. The first-order chi connectivity index (χ1) is 7.58. The minimum absolute atomic E-state index is 0.607. The first kappa shape index (κ1) is 11.1.